The molecular formula is C16H30N6O. The molecule has 1 aromatic heterocycles. The fraction of sp³-hybridized carbons (Fsp3) is 0.812. The number of rotatable bonds is 8. The summed E-state index contributed by atoms with van der Waals surface area (Å²) in [5.74, 6) is 3.15. The van der Waals surface area contributed by atoms with Gasteiger partial charge in [0.15, 0.2) is 5.96 Å². The van der Waals surface area contributed by atoms with Gasteiger partial charge in [0.1, 0.15) is 11.6 Å². The normalized spacial score (nSPS) is 15.1. The van der Waals surface area contributed by atoms with E-state index in [4.69, 9.17) is 4.74 Å². The van der Waals surface area contributed by atoms with Crippen molar-refractivity contribution in [2.75, 3.05) is 33.9 Å². The number of hydrogen-bond donors (Lipinski definition) is 2. The van der Waals surface area contributed by atoms with E-state index in [-0.39, 0.29) is 0 Å². The first-order chi connectivity index (χ1) is 11.3. The Bertz CT molecular complexity index is 485. The number of aromatic nitrogens is 3. The van der Waals surface area contributed by atoms with Crippen LogP contribution in [-0.2, 0) is 24.1 Å². The lowest BCUT2D eigenvalue weighted by atomic mass is 10.2. The Morgan fingerprint density at radius 1 is 1.17 bits per heavy atom. The summed E-state index contributed by atoms with van der Waals surface area (Å²) in [6.07, 6.45) is 7.82. The lowest BCUT2D eigenvalue weighted by molar-refractivity contribution is 0.195. The third-order valence-corrected chi connectivity index (χ3v) is 4.10. The van der Waals surface area contributed by atoms with Crippen molar-refractivity contribution in [2.45, 2.75) is 51.5 Å². The Morgan fingerprint density at radius 2 is 2.00 bits per heavy atom. The first-order valence-corrected chi connectivity index (χ1v) is 8.69. The van der Waals surface area contributed by atoms with Crippen LogP contribution in [0.3, 0.4) is 0 Å². The second-order valence-corrected chi connectivity index (χ2v) is 5.87. The zero-order chi connectivity index (χ0) is 16.3. The van der Waals surface area contributed by atoms with E-state index in [2.05, 4.69) is 30.4 Å². The summed E-state index contributed by atoms with van der Waals surface area (Å²) in [4.78, 5) is 4.22. The highest BCUT2D eigenvalue weighted by molar-refractivity contribution is 5.79. The summed E-state index contributed by atoms with van der Waals surface area (Å²) in [6, 6.07) is 0. The predicted octanol–water partition coefficient (Wildman–Crippen LogP) is 1.14. The van der Waals surface area contributed by atoms with Gasteiger partial charge < -0.3 is 19.9 Å². The van der Waals surface area contributed by atoms with Crippen LogP contribution in [0.4, 0.5) is 0 Å². The lowest BCUT2D eigenvalue weighted by Gasteiger charge is -2.12. The summed E-state index contributed by atoms with van der Waals surface area (Å²) in [5.41, 5.74) is 0. The summed E-state index contributed by atoms with van der Waals surface area (Å²) in [6.45, 7) is 3.59. The molecule has 0 bridgehead atoms. The summed E-state index contributed by atoms with van der Waals surface area (Å²) in [5, 5.41) is 15.3. The van der Waals surface area contributed by atoms with Gasteiger partial charge in [-0.15, -0.1) is 10.2 Å². The quantitative estimate of drug-likeness (QED) is 0.426. The number of fused-ring (bicyclic) bond motifs is 1. The summed E-state index contributed by atoms with van der Waals surface area (Å²) < 4.78 is 7.36. The number of aliphatic imine (C=N–C) groups is 1. The smallest absolute Gasteiger partial charge is 0.190 e. The van der Waals surface area contributed by atoms with Gasteiger partial charge in [-0.05, 0) is 25.7 Å². The number of nitrogens with one attached hydrogen (secondary N) is 2. The molecule has 130 valence electrons. The lowest BCUT2D eigenvalue weighted by Crippen LogP contribution is -2.38. The third kappa shape index (κ3) is 5.82. The van der Waals surface area contributed by atoms with E-state index >= 15 is 0 Å². The SMILES string of the molecule is CN=C(NCCCOC)NCCCc1nnc2n1CCCCC2. The van der Waals surface area contributed by atoms with E-state index in [1.54, 1.807) is 14.2 Å². The van der Waals surface area contributed by atoms with E-state index in [0.717, 1.165) is 63.7 Å². The molecule has 0 aliphatic carbocycles. The van der Waals surface area contributed by atoms with Crippen LogP contribution in [-0.4, -0.2) is 54.6 Å². The van der Waals surface area contributed by atoms with Crippen LogP contribution in [0, 0.1) is 0 Å². The first-order valence-electron chi connectivity index (χ1n) is 8.69. The molecule has 2 rings (SSSR count). The number of aryl methyl sites for hydroxylation is 2. The van der Waals surface area contributed by atoms with Crippen molar-refractivity contribution in [3.63, 3.8) is 0 Å². The third-order valence-electron chi connectivity index (χ3n) is 4.10. The Balaban J connectivity index is 1.68. The summed E-state index contributed by atoms with van der Waals surface area (Å²) >= 11 is 0. The predicted molar refractivity (Wildman–Crippen MR) is 91.8 cm³/mol. The number of hydrogen-bond acceptors (Lipinski definition) is 4. The minimum Gasteiger partial charge on any atom is -0.385 e. The second kappa shape index (κ2) is 10.2. The maximum atomic E-state index is 5.04. The average molecular weight is 322 g/mol. The van der Waals surface area contributed by atoms with E-state index in [9.17, 15) is 0 Å². The molecule has 1 aromatic rings. The molecule has 0 radical (unpaired) electrons. The van der Waals surface area contributed by atoms with Gasteiger partial charge in [0.2, 0.25) is 0 Å². The van der Waals surface area contributed by atoms with Crippen LogP contribution in [0.2, 0.25) is 0 Å². The monoisotopic (exact) mass is 322 g/mol. The van der Waals surface area contributed by atoms with Crippen molar-refractivity contribution < 1.29 is 4.74 Å². The molecule has 0 saturated carbocycles. The molecule has 0 spiro atoms. The molecule has 1 aliphatic heterocycles. The molecule has 23 heavy (non-hydrogen) atoms. The average Bonchev–Trinajstić information content (AvgIpc) is 2.80. The molecule has 0 amide bonds. The molecule has 7 heteroatoms. The van der Waals surface area contributed by atoms with Crippen LogP contribution in [0.15, 0.2) is 4.99 Å². The minimum absolute atomic E-state index is 0.766. The molecule has 1 aliphatic rings. The number of guanidine groups is 1. The molecule has 2 heterocycles. The second-order valence-electron chi connectivity index (χ2n) is 5.87. The van der Waals surface area contributed by atoms with Gasteiger partial charge in [-0.2, -0.15) is 0 Å². The molecule has 0 atom stereocenters. The van der Waals surface area contributed by atoms with Crippen LogP contribution in [0.1, 0.15) is 43.8 Å². The molecule has 0 fully saturated rings. The van der Waals surface area contributed by atoms with Gasteiger partial charge in [0, 0.05) is 53.2 Å². The number of methoxy groups -OCH3 is 1. The van der Waals surface area contributed by atoms with Crippen molar-refractivity contribution in [2.24, 2.45) is 4.99 Å². The Hall–Kier alpha value is -1.63. The number of ether oxygens (including phenoxy) is 1. The van der Waals surface area contributed by atoms with Crippen molar-refractivity contribution in [3.05, 3.63) is 11.6 Å². The minimum atomic E-state index is 0.766. The fourth-order valence-corrected chi connectivity index (χ4v) is 2.83. The molecule has 0 saturated heterocycles. The van der Waals surface area contributed by atoms with Gasteiger partial charge in [0.05, 0.1) is 0 Å². The first kappa shape index (κ1) is 17.7. The highest BCUT2D eigenvalue weighted by Crippen LogP contribution is 2.15. The zero-order valence-electron chi connectivity index (χ0n) is 14.5. The fourth-order valence-electron chi connectivity index (χ4n) is 2.83. The van der Waals surface area contributed by atoms with Gasteiger partial charge >= 0.3 is 0 Å². The van der Waals surface area contributed by atoms with Gasteiger partial charge in [-0.25, -0.2) is 0 Å². The molecule has 2 N–H and O–H groups in total. The topological polar surface area (TPSA) is 76.4 Å². The molecule has 7 nitrogen and oxygen atoms in total. The van der Waals surface area contributed by atoms with E-state index in [1.807, 2.05) is 0 Å². The van der Waals surface area contributed by atoms with Crippen molar-refractivity contribution in [3.8, 4) is 0 Å². The highest BCUT2D eigenvalue weighted by Gasteiger charge is 2.13. The van der Waals surface area contributed by atoms with Gasteiger partial charge in [-0.3, -0.25) is 4.99 Å². The molecular weight excluding hydrogens is 292 g/mol. The molecule has 0 aromatic carbocycles. The van der Waals surface area contributed by atoms with Crippen LogP contribution >= 0.6 is 0 Å². The zero-order valence-corrected chi connectivity index (χ0v) is 14.5. The Kier molecular flexibility index (Phi) is 7.86. The maximum absolute atomic E-state index is 5.04. The van der Waals surface area contributed by atoms with Gasteiger partial charge in [0.25, 0.3) is 0 Å². The van der Waals surface area contributed by atoms with Crippen molar-refractivity contribution >= 4 is 5.96 Å². The number of nitrogens with zero attached hydrogens (tertiary/aromatic N) is 4. The maximum Gasteiger partial charge on any atom is 0.190 e. The van der Waals surface area contributed by atoms with E-state index in [1.165, 1.54) is 25.1 Å². The van der Waals surface area contributed by atoms with E-state index in [0.29, 0.717) is 0 Å². The van der Waals surface area contributed by atoms with Crippen molar-refractivity contribution in [1.82, 2.24) is 25.4 Å². The van der Waals surface area contributed by atoms with Crippen LogP contribution < -0.4 is 10.6 Å². The highest BCUT2D eigenvalue weighted by atomic mass is 16.5. The van der Waals surface area contributed by atoms with E-state index < -0.39 is 0 Å². The van der Waals surface area contributed by atoms with Crippen LogP contribution in [0.25, 0.3) is 0 Å². The summed E-state index contributed by atoms with van der Waals surface area (Å²) in [7, 11) is 3.52. The van der Waals surface area contributed by atoms with Gasteiger partial charge in [-0.1, -0.05) is 6.42 Å². The Morgan fingerprint density at radius 3 is 2.78 bits per heavy atom. The standard InChI is InChI=1S/C16H30N6O/c1-17-16(19-11-7-13-23-2)18-10-6-9-15-21-20-14-8-4-3-5-12-22(14)15/h3-13H2,1-2H3,(H2,17,18,19). The largest absolute Gasteiger partial charge is 0.385 e. The Labute approximate surface area is 138 Å². The van der Waals surface area contributed by atoms with Crippen LogP contribution in [0.5, 0.6) is 0 Å². The molecule has 0 unspecified atom stereocenters. The van der Waals surface area contributed by atoms with Crippen molar-refractivity contribution in [1.29, 1.82) is 0 Å².